The Morgan fingerprint density at radius 2 is 0.883 bits per heavy atom. The highest BCUT2D eigenvalue weighted by atomic mass is 16.6. The van der Waals surface area contributed by atoms with Crippen LogP contribution in [0.25, 0.3) is 0 Å². The molecule has 8 rings (SSSR count). The first kappa shape index (κ1) is 93.7. The maximum atomic E-state index is 12.5. The molecule has 16 unspecified atom stereocenters. The molecular weight excluding hydrogens is 1410 g/mol. The first-order valence-corrected chi connectivity index (χ1v) is 40.0. The van der Waals surface area contributed by atoms with Crippen molar-refractivity contribution in [3.05, 3.63) is 168 Å². The number of carbonyl (C=O) groups excluding carboxylic acids is 7. The zero-order chi connectivity index (χ0) is 81.0. The van der Waals surface area contributed by atoms with Gasteiger partial charge in [0.05, 0.1) is 82.4 Å². The van der Waals surface area contributed by atoms with Crippen LogP contribution >= 0.6 is 0 Å². The SMILES string of the molecule is CCC1C(CO)OC(C)C(OCc2ccccc2)C1OCc1ccccc1.CCC1C(COC2/C=C/CCC(C)(C(=O)NC)CC2)OC(C)C(OCc2ccccc2)C1OCc1ccccc1.CNC(=O)C(CCCCN)NC(C)=O.CNC(=O)C(CCCCNC(=O)OC1/C=C/CCC(C)(C(=O)NC)CC1)NC(C)=O. The van der Waals surface area contributed by atoms with Crippen LogP contribution in [0.4, 0.5) is 4.79 Å². The highest BCUT2D eigenvalue weighted by Gasteiger charge is 2.47. The van der Waals surface area contributed by atoms with Crippen molar-refractivity contribution in [2.24, 2.45) is 28.4 Å². The zero-order valence-corrected chi connectivity index (χ0v) is 68.1. The molecule has 24 heteroatoms. The summed E-state index contributed by atoms with van der Waals surface area (Å²) in [5.41, 5.74) is 9.04. The third-order valence-corrected chi connectivity index (χ3v) is 21.1. The fraction of sp³-hybridized carbons (Fsp3) is 0.598. The fourth-order valence-electron chi connectivity index (χ4n) is 14.5. The molecule has 111 heavy (non-hydrogen) atoms. The summed E-state index contributed by atoms with van der Waals surface area (Å²) in [5.74, 6) is -0.511. The van der Waals surface area contributed by atoms with E-state index < -0.39 is 23.6 Å². The monoisotopic (exact) mass is 1540 g/mol. The molecule has 24 nitrogen and oxygen atoms in total. The number of benzene rings is 4. The number of likely N-dealkylation sites (N-methyl/N-ethyl adjacent to an activating group) is 2. The summed E-state index contributed by atoms with van der Waals surface area (Å²) in [5, 5.41) is 28.3. The molecular formula is C87H132N8O16. The van der Waals surface area contributed by atoms with E-state index in [4.69, 9.17) is 43.6 Å². The molecule has 0 radical (unpaired) electrons. The number of nitrogens with two attached hydrogens (primary N) is 1. The average molecular weight is 1550 g/mol. The van der Waals surface area contributed by atoms with Crippen LogP contribution in [0.2, 0.25) is 0 Å². The van der Waals surface area contributed by atoms with Crippen LogP contribution in [0, 0.1) is 22.7 Å². The smallest absolute Gasteiger partial charge is 0.407 e. The van der Waals surface area contributed by atoms with E-state index in [1.807, 2.05) is 98.8 Å². The van der Waals surface area contributed by atoms with Gasteiger partial charge >= 0.3 is 6.09 Å². The molecule has 0 bridgehead atoms. The summed E-state index contributed by atoms with van der Waals surface area (Å²) in [6.45, 7) is 18.7. The third kappa shape index (κ3) is 33.0. The Morgan fingerprint density at radius 1 is 0.505 bits per heavy atom. The van der Waals surface area contributed by atoms with Gasteiger partial charge in [0.15, 0.2) is 0 Å². The summed E-state index contributed by atoms with van der Waals surface area (Å²) >= 11 is 0. The van der Waals surface area contributed by atoms with E-state index in [0.29, 0.717) is 84.6 Å². The molecule has 2 fully saturated rings. The molecule has 0 aromatic heterocycles. The molecule has 2 saturated heterocycles. The van der Waals surface area contributed by atoms with Gasteiger partial charge in [0.1, 0.15) is 30.4 Å². The lowest BCUT2D eigenvalue weighted by atomic mass is 9.78. The van der Waals surface area contributed by atoms with E-state index in [-0.39, 0.29) is 120 Å². The molecule has 4 aliphatic rings. The third-order valence-electron chi connectivity index (χ3n) is 21.1. The van der Waals surface area contributed by atoms with Crippen LogP contribution in [0.1, 0.15) is 180 Å². The summed E-state index contributed by atoms with van der Waals surface area (Å²) < 4.78 is 50.4. The van der Waals surface area contributed by atoms with Gasteiger partial charge in [0.25, 0.3) is 0 Å². The van der Waals surface area contributed by atoms with Gasteiger partial charge in [-0.15, -0.1) is 0 Å². The second kappa shape index (κ2) is 51.7. The Labute approximate surface area is 660 Å². The lowest BCUT2D eigenvalue weighted by Gasteiger charge is -2.46. The molecule has 2 aliphatic heterocycles. The Morgan fingerprint density at radius 3 is 1.26 bits per heavy atom. The van der Waals surface area contributed by atoms with Crippen molar-refractivity contribution in [3.63, 3.8) is 0 Å². The number of amides is 7. The number of aliphatic hydroxyl groups excluding tert-OH is 1. The van der Waals surface area contributed by atoms with Crippen molar-refractivity contribution in [2.75, 3.05) is 54.5 Å². The van der Waals surface area contributed by atoms with Crippen molar-refractivity contribution < 1.29 is 76.6 Å². The Kier molecular flexibility index (Phi) is 43.6. The Hall–Kier alpha value is -7.91. The normalized spacial score (nSPS) is 26.0. The number of aliphatic hydroxyl groups is 1. The highest BCUT2D eigenvalue weighted by molar-refractivity contribution is 5.87. The topological polar surface area (TPSA) is 324 Å². The molecule has 2 aliphatic carbocycles. The zero-order valence-electron chi connectivity index (χ0n) is 68.1. The molecule has 616 valence electrons. The number of rotatable bonds is 34. The number of allylic oxidation sites excluding steroid dienone is 2. The van der Waals surface area contributed by atoms with Crippen LogP contribution in [-0.2, 0) is 93.1 Å². The number of nitrogens with one attached hydrogen (secondary N) is 7. The second-order valence-electron chi connectivity index (χ2n) is 29.7. The van der Waals surface area contributed by atoms with E-state index in [1.54, 1.807) is 21.1 Å². The predicted molar refractivity (Wildman–Crippen MR) is 431 cm³/mol. The molecule has 4 aromatic rings. The minimum Gasteiger partial charge on any atom is -0.442 e. The number of hydrogen-bond acceptors (Lipinski definition) is 17. The number of carbonyl (C=O) groups is 7. The first-order valence-electron chi connectivity index (χ1n) is 40.0. The quantitative estimate of drug-likeness (QED) is 0.0155. The van der Waals surface area contributed by atoms with Gasteiger partial charge in [0, 0.05) is 71.2 Å². The second-order valence-corrected chi connectivity index (χ2v) is 29.7. The largest absolute Gasteiger partial charge is 0.442 e. The average Bonchev–Trinajstić information content (AvgIpc) is 0.801. The maximum absolute atomic E-state index is 12.5. The number of unbranched alkanes of at least 4 members (excludes halogenated alkanes) is 2. The van der Waals surface area contributed by atoms with Crippen molar-refractivity contribution in [3.8, 4) is 0 Å². The molecule has 2 heterocycles. The predicted octanol–water partition coefficient (Wildman–Crippen LogP) is 11.0. The minimum atomic E-state index is -0.575. The highest BCUT2D eigenvalue weighted by Crippen LogP contribution is 2.38. The first-order chi connectivity index (χ1) is 53.5. The van der Waals surface area contributed by atoms with Crippen LogP contribution in [-0.4, -0.2) is 174 Å². The van der Waals surface area contributed by atoms with Crippen molar-refractivity contribution >= 4 is 41.5 Å². The van der Waals surface area contributed by atoms with Gasteiger partial charge < -0.3 is 86.0 Å². The van der Waals surface area contributed by atoms with Crippen LogP contribution in [0.3, 0.4) is 0 Å². The minimum absolute atomic E-state index is 0.000547. The van der Waals surface area contributed by atoms with Crippen molar-refractivity contribution in [2.45, 2.75) is 258 Å². The molecule has 0 saturated carbocycles. The van der Waals surface area contributed by atoms with Gasteiger partial charge in [0.2, 0.25) is 35.4 Å². The lowest BCUT2D eigenvalue weighted by molar-refractivity contribution is -0.240. The van der Waals surface area contributed by atoms with Gasteiger partial charge in [-0.1, -0.05) is 167 Å². The van der Waals surface area contributed by atoms with Crippen LogP contribution in [0.5, 0.6) is 0 Å². The summed E-state index contributed by atoms with van der Waals surface area (Å²) in [7, 11) is 6.43. The van der Waals surface area contributed by atoms with E-state index in [2.05, 4.69) is 126 Å². The van der Waals surface area contributed by atoms with E-state index in [1.165, 1.54) is 20.9 Å². The molecule has 16 atom stereocenters. The Bertz CT molecular complexity index is 3380. The number of hydrogen-bond donors (Lipinski definition) is 9. The molecule has 0 spiro atoms. The van der Waals surface area contributed by atoms with Crippen LogP contribution in [0.15, 0.2) is 146 Å². The van der Waals surface area contributed by atoms with E-state index in [0.717, 1.165) is 86.5 Å². The number of alkyl carbamates (subject to hydrolysis) is 1. The van der Waals surface area contributed by atoms with Gasteiger partial charge in [-0.25, -0.2) is 4.79 Å². The summed E-state index contributed by atoms with van der Waals surface area (Å²) in [6.07, 6.45) is 17.9. The van der Waals surface area contributed by atoms with E-state index >= 15 is 0 Å². The fourth-order valence-corrected chi connectivity index (χ4v) is 14.5. The summed E-state index contributed by atoms with van der Waals surface area (Å²) in [6, 6.07) is 39.8. The standard InChI is InChI=1S/C34H47NO5.C23H30O4.C21H36N4O5.C9H19N3O2/c1-5-29-30(24-37-28-18-12-13-20-34(3,21-19-28)33(36)35-4)40-25(2)31(38-22-26-14-8-6-9-15-26)32(29)39-23-27-16-10-7-11-17-27;1-3-20-21(14-24)27-17(2)22(25-15-18-10-6-4-7-11-18)23(20)26-16-19-12-8-5-9-13-19;1-15(26)25-17(18(27)22-3)10-6-8-14-24-20(29)30-16-9-5-7-12-21(2,13-11-16)19(28)23-4;1-7(13)12-8(9(14)11-2)5-3-4-6-10/h6-12,14-18,25,28-32H,5,13,19-24H2,1-4H3,(H,35,36);4-13,17,20-24H,3,14-16H2,1-2H3;5,9,16-17H,6-8,10-14H2,1-4H3,(H,22,27)(H,23,28)(H,24,29)(H,25,26);8H,3-6,10H2,1-2H3,(H,11,14)(H,12,13)/b18-12+;;9-5+;. The van der Waals surface area contributed by atoms with Gasteiger partial charge in [-0.05, 0) is 151 Å². The lowest BCUT2D eigenvalue weighted by Crippen LogP contribution is -2.56. The summed E-state index contributed by atoms with van der Waals surface area (Å²) in [4.78, 5) is 81.8. The molecule has 7 amide bonds. The molecule has 10 N–H and O–H groups in total. The van der Waals surface area contributed by atoms with Crippen molar-refractivity contribution in [1.82, 2.24) is 37.2 Å². The van der Waals surface area contributed by atoms with E-state index in [9.17, 15) is 38.7 Å². The van der Waals surface area contributed by atoms with Crippen LogP contribution < -0.4 is 43.0 Å². The van der Waals surface area contributed by atoms with Gasteiger partial charge in [-0.3, -0.25) is 28.8 Å². The van der Waals surface area contributed by atoms with Crippen molar-refractivity contribution in [1.29, 1.82) is 0 Å². The maximum Gasteiger partial charge on any atom is 0.407 e. The molecule has 4 aromatic carbocycles. The van der Waals surface area contributed by atoms with Gasteiger partial charge in [-0.2, -0.15) is 0 Å². The Balaban J connectivity index is 0.000000279. The number of ether oxygens (including phenoxy) is 8.